The Morgan fingerprint density at radius 3 is 2.17 bits per heavy atom. The molecule has 6 nitrogen and oxygen atoms in total. The minimum atomic E-state index is 0.431. The van der Waals surface area contributed by atoms with Crippen LogP contribution in [0.3, 0.4) is 0 Å². The highest BCUT2D eigenvalue weighted by Gasteiger charge is 2.22. The van der Waals surface area contributed by atoms with Crippen LogP contribution in [-0.4, -0.2) is 50.7 Å². The molecule has 1 saturated carbocycles. The van der Waals surface area contributed by atoms with Gasteiger partial charge in [0, 0.05) is 57.2 Å². The van der Waals surface area contributed by atoms with Crippen molar-refractivity contribution < 1.29 is 0 Å². The van der Waals surface area contributed by atoms with Crippen LogP contribution in [0, 0.1) is 5.92 Å². The van der Waals surface area contributed by atoms with Gasteiger partial charge in [-0.25, -0.2) is 4.98 Å². The summed E-state index contributed by atoms with van der Waals surface area (Å²) in [5, 5.41) is 11.1. The first-order chi connectivity index (χ1) is 17.5. The van der Waals surface area contributed by atoms with Gasteiger partial charge < -0.3 is 20.4 Å². The van der Waals surface area contributed by atoms with Crippen LogP contribution < -0.4 is 20.4 Å². The first-order valence-electron chi connectivity index (χ1n) is 13.1. The lowest BCUT2D eigenvalue weighted by Crippen LogP contribution is -2.31. The molecule has 4 aromatic rings. The third kappa shape index (κ3) is 5.24. The number of rotatable bonds is 8. The zero-order valence-corrected chi connectivity index (χ0v) is 22.0. The highest BCUT2D eigenvalue weighted by atomic mass is 15.2. The van der Waals surface area contributed by atoms with E-state index in [1.165, 1.54) is 34.9 Å². The van der Waals surface area contributed by atoms with Gasteiger partial charge >= 0.3 is 0 Å². The van der Waals surface area contributed by atoms with Crippen molar-refractivity contribution in [2.24, 2.45) is 5.92 Å². The molecule has 0 bridgehead atoms. The molecule has 1 aromatic heterocycles. The summed E-state index contributed by atoms with van der Waals surface area (Å²) >= 11 is 0. The van der Waals surface area contributed by atoms with Crippen LogP contribution in [0.25, 0.3) is 21.7 Å². The van der Waals surface area contributed by atoms with Gasteiger partial charge in [-0.2, -0.15) is 4.98 Å². The molecule has 5 rings (SSSR count). The lowest BCUT2D eigenvalue weighted by atomic mass is 9.86. The maximum atomic E-state index is 4.83. The van der Waals surface area contributed by atoms with Gasteiger partial charge in [-0.15, -0.1) is 0 Å². The van der Waals surface area contributed by atoms with Crippen molar-refractivity contribution in [1.82, 2.24) is 15.3 Å². The van der Waals surface area contributed by atoms with Crippen molar-refractivity contribution in [1.29, 1.82) is 0 Å². The minimum absolute atomic E-state index is 0.431. The standard InChI is InChI=1S/C30H38N6/c1-35(2)28-18-15-22(24-9-5-6-10-25(24)28)20-31-19-21-13-16-23(17-14-21)32-30-33-27-12-8-7-11-26(27)29(34-30)36(3)4/h5-12,15,18,21,23,31H,13-14,16-17,19-20H2,1-4H3,(H,32,33,34). The third-order valence-corrected chi connectivity index (χ3v) is 7.41. The Morgan fingerprint density at radius 2 is 1.44 bits per heavy atom. The molecular formula is C30H38N6. The Hall–Kier alpha value is -3.38. The molecule has 0 amide bonds. The number of nitrogens with one attached hydrogen (secondary N) is 2. The van der Waals surface area contributed by atoms with Crippen molar-refractivity contribution in [3.8, 4) is 0 Å². The van der Waals surface area contributed by atoms with E-state index in [1.807, 2.05) is 26.2 Å². The van der Waals surface area contributed by atoms with Gasteiger partial charge in [-0.05, 0) is 67.3 Å². The molecule has 0 saturated heterocycles. The molecule has 0 radical (unpaired) electrons. The summed E-state index contributed by atoms with van der Waals surface area (Å²) in [6.45, 7) is 1.97. The van der Waals surface area contributed by atoms with Gasteiger partial charge in [0.1, 0.15) is 5.82 Å². The molecular weight excluding hydrogens is 444 g/mol. The summed E-state index contributed by atoms with van der Waals surface area (Å²) in [4.78, 5) is 13.9. The van der Waals surface area contributed by atoms with Crippen LogP contribution in [0.5, 0.6) is 0 Å². The summed E-state index contributed by atoms with van der Waals surface area (Å²) in [6.07, 6.45) is 4.75. The number of hydrogen-bond donors (Lipinski definition) is 2. The molecule has 188 valence electrons. The zero-order valence-electron chi connectivity index (χ0n) is 22.0. The summed E-state index contributed by atoms with van der Waals surface area (Å²) in [5.74, 6) is 2.42. The Balaban J connectivity index is 1.16. The number of aromatic nitrogens is 2. The van der Waals surface area contributed by atoms with E-state index in [2.05, 4.69) is 83.1 Å². The summed E-state index contributed by atoms with van der Waals surface area (Å²) in [6, 6.07) is 21.9. The largest absolute Gasteiger partial charge is 0.377 e. The van der Waals surface area contributed by atoms with E-state index < -0.39 is 0 Å². The minimum Gasteiger partial charge on any atom is -0.377 e. The van der Waals surface area contributed by atoms with Crippen molar-refractivity contribution >= 4 is 39.1 Å². The maximum Gasteiger partial charge on any atom is 0.225 e. The lowest BCUT2D eigenvalue weighted by molar-refractivity contribution is 0.324. The molecule has 0 aliphatic heterocycles. The van der Waals surface area contributed by atoms with Crippen molar-refractivity contribution in [2.45, 2.75) is 38.3 Å². The molecule has 1 aliphatic carbocycles. The Bertz CT molecular complexity index is 1320. The molecule has 0 unspecified atom stereocenters. The number of fused-ring (bicyclic) bond motifs is 2. The quantitative estimate of drug-likeness (QED) is 0.337. The van der Waals surface area contributed by atoms with Gasteiger partial charge in [-0.3, -0.25) is 0 Å². The third-order valence-electron chi connectivity index (χ3n) is 7.41. The molecule has 0 atom stereocenters. The van der Waals surface area contributed by atoms with Gasteiger partial charge in [-0.1, -0.05) is 42.5 Å². The molecule has 6 heteroatoms. The summed E-state index contributed by atoms with van der Waals surface area (Å²) in [7, 11) is 8.29. The topological polar surface area (TPSA) is 56.3 Å². The average molecular weight is 483 g/mol. The highest BCUT2D eigenvalue weighted by Crippen LogP contribution is 2.30. The second kappa shape index (κ2) is 10.7. The van der Waals surface area contributed by atoms with Crippen molar-refractivity contribution in [3.05, 3.63) is 66.2 Å². The first kappa shape index (κ1) is 24.3. The van der Waals surface area contributed by atoms with Gasteiger partial charge in [0.05, 0.1) is 5.52 Å². The fraction of sp³-hybridized carbons (Fsp3) is 0.400. The van der Waals surface area contributed by atoms with E-state index in [0.717, 1.165) is 48.6 Å². The first-order valence-corrected chi connectivity index (χ1v) is 13.1. The van der Waals surface area contributed by atoms with E-state index in [1.54, 1.807) is 0 Å². The van der Waals surface area contributed by atoms with Gasteiger partial charge in [0.15, 0.2) is 0 Å². The smallest absolute Gasteiger partial charge is 0.225 e. The monoisotopic (exact) mass is 482 g/mol. The summed E-state index contributed by atoms with van der Waals surface area (Å²) in [5.41, 5.74) is 3.63. The van der Waals surface area contributed by atoms with Crippen LogP contribution in [0.15, 0.2) is 60.7 Å². The second-order valence-corrected chi connectivity index (χ2v) is 10.5. The Labute approximate surface area is 214 Å². The molecule has 3 aromatic carbocycles. The number of hydrogen-bond acceptors (Lipinski definition) is 6. The normalized spacial score (nSPS) is 17.9. The predicted molar refractivity (Wildman–Crippen MR) is 153 cm³/mol. The van der Waals surface area contributed by atoms with Crippen LogP contribution >= 0.6 is 0 Å². The van der Waals surface area contributed by atoms with Crippen LogP contribution in [-0.2, 0) is 6.54 Å². The predicted octanol–water partition coefficient (Wildman–Crippen LogP) is 5.68. The number of anilines is 3. The zero-order chi connectivity index (χ0) is 25.1. The van der Waals surface area contributed by atoms with E-state index in [9.17, 15) is 0 Å². The fourth-order valence-electron chi connectivity index (χ4n) is 5.46. The molecule has 0 spiro atoms. The molecule has 2 N–H and O–H groups in total. The van der Waals surface area contributed by atoms with Crippen molar-refractivity contribution in [2.75, 3.05) is 49.9 Å². The molecule has 1 fully saturated rings. The SMILES string of the molecule is CN(C)c1nc(NC2CCC(CNCc3ccc(N(C)C)c4ccccc34)CC2)nc2ccccc12. The number of benzene rings is 3. The van der Waals surface area contributed by atoms with Crippen molar-refractivity contribution in [3.63, 3.8) is 0 Å². The lowest BCUT2D eigenvalue weighted by Gasteiger charge is -2.29. The molecule has 1 heterocycles. The summed E-state index contributed by atoms with van der Waals surface area (Å²) < 4.78 is 0. The van der Waals surface area contributed by atoms with Crippen LogP contribution in [0.2, 0.25) is 0 Å². The van der Waals surface area contributed by atoms with E-state index in [4.69, 9.17) is 9.97 Å². The van der Waals surface area contributed by atoms with E-state index in [0.29, 0.717) is 12.0 Å². The average Bonchev–Trinajstić information content (AvgIpc) is 2.89. The fourth-order valence-corrected chi connectivity index (χ4v) is 5.46. The van der Waals surface area contributed by atoms with Crippen LogP contribution in [0.1, 0.15) is 31.2 Å². The Kier molecular flexibility index (Phi) is 7.23. The molecule has 36 heavy (non-hydrogen) atoms. The van der Waals surface area contributed by atoms with Crippen LogP contribution in [0.4, 0.5) is 17.5 Å². The van der Waals surface area contributed by atoms with E-state index >= 15 is 0 Å². The van der Waals surface area contributed by atoms with Gasteiger partial charge in [0.2, 0.25) is 5.95 Å². The number of para-hydroxylation sites is 1. The van der Waals surface area contributed by atoms with E-state index in [-0.39, 0.29) is 0 Å². The second-order valence-electron chi connectivity index (χ2n) is 10.5. The van der Waals surface area contributed by atoms with Gasteiger partial charge in [0.25, 0.3) is 0 Å². The highest BCUT2D eigenvalue weighted by molar-refractivity contribution is 5.96. The number of nitrogens with zero attached hydrogens (tertiary/aromatic N) is 4. The molecule has 1 aliphatic rings. The Morgan fingerprint density at radius 1 is 0.750 bits per heavy atom. The maximum absolute atomic E-state index is 4.83.